The molecule has 0 atom stereocenters. The predicted octanol–water partition coefficient (Wildman–Crippen LogP) is -0.734. The molecule has 0 amide bonds. The van der Waals surface area contributed by atoms with Crippen LogP contribution in [0.1, 0.15) is 16.2 Å². The van der Waals surface area contributed by atoms with Crippen LogP contribution in [-0.4, -0.2) is 44.4 Å². The molecule has 94 valence electrons. The second kappa shape index (κ2) is 5.32. The third kappa shape index (κ3) is 2.33. The fourth-order valence-electron chi connectivity index (χ4n) is 1.40. The van der Waals surface area contributed by atoms with E-state index in [1.165, 1.54) is 30.4 Å². The molecule has 2 N–H and O–H groups in total. The lowest BCUT2D eigenvalue weighted by atomic mass is 10.2. The lowest BCUT2D eigenvalue weighted by Gasteiger charge is -2.02. The van der Waals surface area contributed by atoms with Crippen molar-refractivity contribution in [2.45, 2.75) is 6.54 Å². The van der Waals surface area contributed by atoms with Crippen LogP contribution >= 0.6 is 0 Å². The number of hydrogen-bond acceptors (Lipinski definition) is 7. The number of aromatic nitrogens is 5. The Bertz CT molecular complexity index is 553. The summed E-state index contributed by atoms with van der Waals surface area (Å²) in [7, 11) is 1.42. The van der Waals surface area contributed by atoms with Gasteiger partial charge in [-0.1, -0.05) is 5.21 Å². The normalized spacial score (nSPS) is 10.3. The van der Waals surface area contributed by atoms with Crippen LogP contribution in [0.25, 0.3) is 0 Å². The zero-order valence-electron chi connectivity index (χ0n) is 9.78. The molecule has 18 heavy (non-hydrogen) atoms. The van der Waals surface area contributed by atoms with Crippen LogP contribution in [0, 0.1) is 0 Å². The van der Waals surface area contributed by atoms with Crippen LogP contribution in [0.15, 0.2) is 18.6 Å². The molecule has 2 heterocycles. The first-order valence-electron chi connectivity index (χ1n) is 5.26. The first-order valence-corrected chi connectivity index (χ1v) is 5.26. The molecular formula is C10H12N6O2. The predicted molar refractivity (Wildman–Crippen MR) is 61.1 cm³/mol. The fourth-order valence-corrected chi connectivity index (χ4v) is 1.40. The molecule has 0 radical (unpaired) electrons. The van der Waals surface area contributed by atoms with E-state index >= 15 is 0 Å². The van der Waals surface area contributed by atoms with Gasteiger partial charge in [0.15, 0.2) is 11.4 Å². The Labute approximate surface area is 103 Å². The summed E-state index contributed by atoms with van der Waals surface area (Å²) in [5.41, 5.74) is 5.68. The van der Waals surface area contributed by atoms with Crippen molar-refractivity contribution in [1.82, 2.24) is 25.0 Å². The minimum absolute atomic E-state index is 0.111. The number of ether oxygens (including phenoxy) is 1. The van der Waals surface area contributed by atoms with Gasteiger partial charge in [-0.05, 0) is 0 Å². The summed E-state index contributed by atoms with van der Waals surface area (Å²) < 4.78 is 6.47. The summed E-state index contributed by atoms with van der Waals surface area (Å²) in [6, 6.07) is 0. The SMILES string of the molecule is COc1nccnc1C(=O)c1cn(CCN)nn1. The van der Waals surface area contributed by atoms with Crippen LogP contribution in [0.4, 0.5) is 0 Å². The Morgan fingerprint density at radius 3 is 2.94 bits per heavy atom. The van der Waals surface area contributed by atoms with E-state index in [9.17, 15) is 4.79 Å². The van der Waals surface area contributed by atoms with Gasteiger partial charge in [0, 0.05) is 18.9 Å². The monoisotopic (exact) mass is 248 g/mol. The summed E-state index contributed by atoms with van der Waals surface area (Å²) in [5.74, 6) is -0.223. The van der Waals surface area contributed by atoms with E-state index in [4.69, 9.17) is 10.5 Å². The van der Waals surface area contributed by atoms with E-state index in [0.717, 1.165) is 0 Å². The molecule has 0 spiro atoms. The van der Waals surface area contributed by atoms with Crippen molar-refractivity contribution in [1.29, 1.82) is 0 Å². The Kier molecular flexibility index (Phi) is 3.58. The Morgan fingerprint density at radius 1 is 1.44 bits per heavy atom. The second-order valence-corrected chi connectivity index (χ2v) is 3.40. The first-order chi connectivity index (χ1) is 8.76. The summed E-state index contributed by atoms with van der Waals surface area (Å²) >= 11 is 0. The van der Waals surface area contributed by atoms with Crippen LogP contribution < -0.4 is 10.5 Å². The number of carbonyl (C=O) groups excluding carboxylic acids is 1. The standard InChI is InChI=1S/C10H12N6O2/c1-18-10-8(12-3-4-13-10)9(17)7-6-16(5-2-11)15-14-7/h3-4,6H,2,5,11H2,1H3. The van der Waals surface area contributed by atoms with Gasteiger partial charge in [-0.15, -0.1) is 5.10 Å². The number of carbonyl (C=O) groups is 1. The molecule has 2 rings (SSSR count). The van der Waals surface area contributed by atoms with Gasteiger partial charge in [0.05, 0.1) is 19.9 Å². The van der Waals surface area contributed by atoms with Crippen LogP contribution in [-0.2, 0) is 6.54 Å². The molecule has 0 fully saturated rings. The maximum Gasteiger partial charge on any atom is 0.243 e. The van der Waals surface area contributed by atoms with E-state index < -0.39 is 0 Å². The molecule has 0 saturated heterocycles. The molecule has 8 nitrogen and oxygen atoms in total. The molecule has 0 bridgehead atoms. The van der Waals surface area contributed by atoms with Gasteiger partial charge in [0.25, 0.3) is 0 Å². The van der Waals surface area contributed by atoms with E-state index in [1.54, 1.807) is 0 Å². The topological polar surface area (TPSA) is 109 Å². The molecule has 2 aromatic heterocycles. The van der Waals surface area contributed by atoms with Crippen molar-refractivity contribution in [3.8, 4) is 5.88 Å². The Morgan fingerprint density at radius 2 is 2.22 bits per heavy atom. The molecular weight excluding hydrogens is 236 g/mol. The molecule has 0 aromatic carbocycles. The van der Waals surface area contributed by atoms with Crippen LogP contribution in [0.3, 0.4) is 0 Å². The average Bonchev–Trinajstić information content (AvgIpc) is 2.87. The van der Waals surface area contributed by atoms with E-state index in [1.807, 2.05) is 0 Å². The largest absolute Gasteiger partial charge is 0.479 e. The molecule has 0 aliphatic rings. The van der Waals surface area contributed by atoms with Crippen molar-refractivity contribution in [3.63, 3.8) is 0 Å². The van der Waals surface area contributed by atoms with E-state index in [2.05, 4.69) is 20.3 Å². The number of rotatable bonds is 5. The molecule has 0 aliphatic heterocycles. The Hall–Kier alpha value is -2.35. The smallest absolute Gasteiger partial charge is 0.243 e. The number of nitrogens with two attached hydrogens (primary N) is 1. The summed E-state index contributed by atoms with van der Waals surface area (Å²) in [4.78, 5) is 20.0. The molecule has 8 heteroatoms. The van der Waals surface area contributed by atoms with Gasteiger partial charge < -0.3 is 10.5 Å². The maximum absolute atomic E-state index is 12.1. The minimum Gasteiger partial charge on any atom is -0.479 e. The third-order valence-corrected chi connectivity index (χ3v) is 2.20. The highest BCUT2D eigenvalue weighted by molar-refractivity contribution is 6.07. The number of nitrogens with zero attached hydrogens (tertiary/aromatic N) is 5. The maximum atomic E-state index is 12.1. The van der Waals surface area contributed by atoms with Gasteiger partial charge in [0.2, 0.25) is 11.7 Å². The first kappa shape index (κ1) is 12.1. The fraction of sp³-hybridized carbons (Fsp3) is 0.300. The molecule has 2 aromatic rings. The highest BCUT2D eigenvalue weighted by Crippen LogP contribution is 2.14. The third-order valence-electron chi connectivity index (χ3n) is 2.20. The van der Waals surface area contributed by atoms with Gasteiger partial charge >= 0.3 is 0 Å². The zero-order chi connectivity index (χ0) is 13.0. The van der Waals surface area contributed by atoms with Crippen molar-refractivity contribution in [3.05, 3.63) is 30.0 Å². The lowest BCUT2D eigenvalue weighted by molar-refractivity contribution is 0.102. The van der Waals surface area contributed by atoms with Crippen LogP contribution in [0.2, 0.25) is 0 Å². The second-order valence-electron chi connectivity index (χ2n) is 3.40. The van der Waals surface area contributed by atoms with Gasteiger partial charge in [-0.25, -0.2) is 9.97 Å². The quantitative estimate of drug-likeness (QED) is 0.694. The van der Waals surface area contributed by atoms with E-state index in [-0.39, 0.29) is 23.1 Å². The molecule has 0 saturated carbocycles. The number of hydrogen-bond donors (Lipinski definition) is 1. The van der Waals surface area contributed by atoms with Gasteiger partial charge in [-0.3, -0.25) is 9.48 Å². The zero-order valence-corrected chi connectivity index (χ0v) is 9.78. The van der Waals surface area contributed by atoms with Gasteiger partial charge in [0.1, 0.15) is 0 Å². The highest BCUT2D eigenvalue weighted by atomic mass is 16.5. The van der Waals surface area contributed by atoms with Crippen molar-refractivity contribution < 1.29 is 9.53 Å². The summed E-state index contributed by atoms with van der Waals surface area (Å²) in [6.45, 7) is 0.920. The van der Waals surface area contributed by atoms with E-state index in [0.29, 0.717) is 13.1 Å². The van der Waals surface area contributed by atoms with Crippen LogP contribution in [0.5, 0.6) is 5.88 Å². The summed E-state index contributed by atoms with van der Waals surface area (Å²) in [6.07, 6.45) is 4.38. The summed E-state index contributed by atoms with van der Waals surface area (Å²) in [5, 5.41) is 7.56. The molecule has 0 aliphatic carbocycles. The number of methoxy groups -OCH3 is 1. The Balaban J connectivity index is 2.29. The average molecular weight is 248 g/mol. The lowest BCUT2D eigenvalue weighted by Crippen LogP contribution is -2.10. The minimum atomic E-state index is -0.386. The highest BCUT2D eigenvalue weighted by Gasteiger charge is 2.19. The van der Waals surface area contributed by atoms with Gasteiger partial charge in [-0.2, -0.15) is 0 Å². The van der Waals surface area contributed by atoms with Crippen molar-refractivity contribution in [2.75, 3.05) is 13.7 Å². The van der Waals surface area contributed by atoms with Crippen molar-refractivity contribution in [2.24, 2.45) is 5.73 Å². The molecule has 0 unspecified atom stereocenters. The van der Waals surface area contributed by atoms with Crippen molar-refractivity contribution >= 4 is 5.78 Å². The number of ketones is 1.